The second-order valence-corrected chi connectivity index (χ2v) is 5.58. The summed E-state index contributed by atoms with van der Waals surface area (Å²) in [7, 11) is 0. The summed E-state index contributed by atoms with van der Waals surface area (Å²) < 4.78 is 12.6. The molecule has 0 unspecified atom stereocenters. The van der Waals surface area contributed by atoms with Gasteiger partial charge in [-0.3, -0.25) is 4.79 Å². The number of rotatable bonds is 6. The fraction of sp³-hybridized carbons (Fsp3) is 0.176. The Morgan fingerprint density at radius 3 is 3.12 bits per heavy atom. The van der Waals surface area contributed by atoms with Crippen molar-refractivity contribution >= 4 is 16.7 Å². The van der Waals surface area contributed by atoms with Crippen LogP contribution in [0.2, 0.25) is 0 Å². The Bertz CT molecular complexity index is 992. The number of fused-ring (bicyclic) bond motifs is 2. The third kappa shape index (κ3) is 2.83. The van der Waals surface area contributed by atoms with E-state index in [1.165, 1.54) is 6.33 Å². The first-order valence-corrected chi connectivity index (χ1v) is 7.81. The molecule has 8 heteroatoms. The van der Waals surface area contributed by atoms with Crippen LogP contribution in [0.3, 0.4) is 0 Å². The van der Waals surface area contributed by atoms with E-state index in [4.69, 9.17) is 9.47 Å². The minimum atomic E-state index is -0.192. The lowest BCUT2D eigenvalue weighted by Crippen LogP contribution is -2.21. The summed E-state index contributed by atoms with van der Waals surface area (Å²) in [4.78, 5) is 19.2. The molecule has 2 aromatic heterocycles. The van der Waals surface area contributed by atoms with E-state index in [1.54, 1.807) is 6.08 Å². The second kappa shape index (κ2) is 6.33. The molecular weight excluding hydrogens is 322 g/mol. The maximum absolute atomic E-state index is 12.3. The summed E-state index contributed by atoms with van der Waals surface area (Å²) in [6.45, 7) is 4.98. The molecule has 3 heterocycles. The molecule has 0 atom stereocenters. The molecule has 0 saturated carbocycles. The van der Waals surface area contributed by atoms with Gasteiger partial charge in [-0.2, -0.15) is 0 Å². The second-order valence-electron chi connectivity index (χ2n) is 5.58. The third-order valence-corrected chi connectivity index (χ3v) is 3.92. The standard InChI is InChI=1S/C17H17N5O3/c1-2-5-20-21-12-8-22(16-15(12)18-9-19-17(16)23)7-11-3-4-13-14(6-11)25-10-24-13/h2-4,6,8-9,20-21H,1,5,7,10H2,(H,18,19,23). The summed E-state index contributed by atoms with van der Waals surface area (Å²) >= 11 is 0. The molecule has 4 rings (SSSR count). The normalized spacial score (nSPS) is 12.5. The lowest BCUT2D eigenvalue weighted by molar-refractivity contribution is 0.174. The minimum absolute atomic E-state index is 0.192. The average molecular weight is 339 g/mol. The van der Waals surface area contributed by atoms with Crippen molar-refractivity contribution in [3.8, 4) is 11.5 Å². The van der Waals surface area contributed by atoms with Gasteiger partial charge in [-0.05, 0) is 17.7 Å². The fourth-order valence-corrected chi connectivity index (χ4v) is 2.81. The molecule has 1 aliphatic rings. The molecule has 1 aliphatic heterocycles. The Morgan fingerprint density at radius 2 is 2.24 bits per heavy atom. The van der Waals surface area contributed by atoms with Crippen LogP contribution in [-0.2, 0) is 6.54 Å². The van der Waals surface area contributed by atoms with E-state index in [1.807, 2.05) is 29.0 Å². The van der Waals surface area contributed by atoms with Gasteiger partial charge in [0, 0.05) is 19.3 Å². The van der Waals surface area contributed by atoms with Crippen LogP contribution in [-0.4, -0.2) is 27.9 Å². The maximum atomic E-state index is 12.3. The summed E-state index contributed by atoms with van der Waals surface area (Å²) in [5.41, 5.74) is 8.70. The molecule has 128 valence electrons. The molecule has 0 radical (unpaired) electrons. The molecular formula is C17H17N5O3. The molecule has 0 aliphatic carbocycles. The van der Waals surface area contributed by atoms with Crippen molar-refractivity contribution in [3.63, 3.8) is 0 Å². The molecule has 0 bridgehead atoms. The summed E-state index contributed by atoms with van der Waals surface area (Å²) in [5.74, 6) is 1.45. The lowest BCUT2D eigenvalue weighted by Gasteiger charge is -2.06. The van der Waals surface area contributed by atoms with E-state index in [9.17, 15) is 4.79 Å². The number of hydrazine groups is 1. The van der Waals surface area contributed by atoms with Crippen molar-refractivity contribution in [2.45, 2.75) is 6.54 Å². The third-order valence-electron chi connectivity index (χ3n) is 3.92. The van der Waals surface area contributed by atoms with E-state index in [0.29, 0.717) is 29.9 Å². The molecule has 0 spiro atoms. The zero-order chi connectivity index (χ0) is 17.2. The average Bonchev–Trinajstić information content (AvgIpc) is 3.21. The SMILES string of the molecule is C=CCNNc1cn(Cc2ccc3c(c2)OCO3)c2c(=O)[nH]cnc12. The lowest BCUT2D eigenvalue weighted by atomic mass is 10.2. The number of nitrogens with zero attached hydrogens (tertiary/aromatic N) is 2. The van der Waals surface area contributed by atoms with Crippen LogP contribution in [0, 0.1) is 0 Å². The number of ether oxygens (including phenoxy) is 2. The van der Waals surface area contributed by atoms with Gasteiger partial charge in [0.25, 0.3) is 5.56 Å². The first kappa shape index (κ1) is 15.3. The van der Waals surface area contributed by atoms with E-state index < -0.39 is 0 Å². The van der Waals surface area contributed by atoms with Crippen LogP contribution < -0.4 is 25.9 Å². The highest BCUT2D eigenvalue weighted by molar-refractivity contribution is 5.88. The summed E-state index contributed by atoms with van der Waals surface area (Å²) in [5, 5.41) is 0. The van der Waals surface area contributed by atoms with Gasteiger partial charge in [0.05, 0.1) is 12.0 Å². The van der Waals surface area contributed by atoms with Crippen molar-refractivity contribution < 1.29 is 9.47 Å². The van der Waals surface area contributed by atoms with Crippen LogP contribution in [0.25, 0.3) is 11.0 Å². The number of aromatic amines is 1. The Kier molecular flexibility index (Phi) is 3.87. The number of anilines is 1. The summed E-state index contributed by atoms with van der Waals surface area (Å²) in [6, 6.07) is 5.74. The minimum Gasteiger partial charge on any atom is -0.454 e. The molecule has 1 aromatic carbocycles. The number of aromatic nitrogens is 3. The van der Waals surface area contributed by atoms with E-state index in [2.05, 4.69) is 27.4 Å². The monoisotopic (exact) mass is 339 g/mol. The van der Waals surface area contributed by atoms with Gasteiger partial charge in [-0.15, -0.1) is 6.58 Å². The highest BCUT2D eigenvalue weighted by atomic mass is 16.7. The number of hydrogen-bond acceptors (Lipinski definition) is 6. The zero-order valence-electron chi connectivity index (χ0n) is 13.4. The van der Waals surface area contributed by atoms with E-state index >= 15 is 0 Å². The van der Waals surface area contributed by atoms with Gasteiger partial charge in [0.15, 0.2) is 11.5 Å². The van der Waals surface area contributed by atoms with Gasteiger partial charge in [0.1, 0.15) is 11.0 Å². The predicted molar refractivity (Wildman–Crippen MR) is 93.8 cm³/mol. The van der Waals surface area contributed by atoms with E-state index in [0.717, 1.165) is 17.0 Å². The predicted octanol–water partition coefficient (Wildman–Crippen LogP) is 1.60. The van der Waals surface area contributed by atoms with Gasteiger partial charge < -0.3 is 24.5 Å². The van der Waals surface area contributed by atoms with Crippen LogP contribution >= 0.6 is 0 Å². The topological polar surface area (TPSA) is 93.2 Å². The molecule has 0 fully saturated rings. The summed E-state index contributed by atoms with van der Waals surface area (Å²) in [6.07, 6.45) is 4.99. The van der Waals surface area contributed by atoms with Crippen LogP contribution in [0.15, 0.2) is 48.2 Å². The Morgan fingerprint density at radius 1 is 1.36 bits per heavy atom. The molecule has 3 N–H and O–H groups in total. The van der Waals surface area contributed by atoms with E-state index in [-0.39, 0.29) is 12.4 Å². The van der Waals surface area contributed by atoms with Gasteiger partial charge in [-0.1, -0.05) is 12.1 Å². The van der Waals surface area contributed by atoms with Crippen LogP contribution in [0.5, 0.6) is 11.5 Å². The highest BCUT2D eigenvalue weighted by Gasteiger charge is 2.16. The first-order valence-electron chi connectivity index (χ1n) is 7.81. The maximum Gasteiger partial charge on any atom is 0.275 e. The highest BCUT2D eigenvalue weighted by Crippen LogP contribution is 2.33. The van der Waals surface area contributed by atoms with Gasteiger partial charge in [0.2, 0.25) is 6.79 Å². The van der Waals surface area contributed by atoms with Gasteiger partial charge in [-0.25, -0.2) is 10.4 Å². The Hall–Kier alpha value is -3.26. The van der Waals surface area contributed by atoms with Crippen molar-refractivity contribution in [1.82, 2.24) is 20.0 Å². The number of nitrogens with one attached hydrogen (secondary N) is 3. The first-order chi connectivity index (χ1) is 12.3. The fourth-order valence-electron chi connectivity index (χ4n) is 2.81. The van der Waals surface area contributed by atoms with Gasteiger partial charge >= 0.3 is 0 Å². The van der Waals surface area contributed by atoms with Crippen molar-refractivity contribution in [3.05, 3.63) is 59.3 Å². The van der Waals surface area contributed by atoms with Crippen molar-refractivity contribution in [1.29, 1.82) is 0 Å². The molecule has 3 aromatic rings. The molecule has 8 nitrogen and oxygen atoms in total. The van der Waals surface area contributed by atoms with Crippen molar-refractivity contribution in [2.75, 3.05) is 18.8 Å². The number of H-pyrrole nitrogens is 1. The number of benzene rings is 1. The molecule has 0 saturated heterocycles. The quantitative estimate of drug-likeness (QED) is 0.359. The number of hydrogen-bond donors (Lipinski definition) is 3. The molecule has 25 heavy (non-hydrogen) atoms. The van der Waals surface area contributed by atoms with Crippen LogP contribution in [0.4, 0.5) is 5.69 Å². The Balaban J connectivity index is 1.71. The van der Waals surface area contributed by atoms with Crippen LogP contribution in [0.1, 0.15) is 5.56 Å². The molecule has 0 amide bonds. The Labute approximate surface area is 143 Å². The largest absolute Gasteiger partial charge is 0.454 e. The van der Waals surface area contributed by atoms with Crippen molar-refractivity contribution in [2.24, 2.45) is 0 Å². The zero-order valence-corrected chi connectivity index (χ0v) is 13.4. The smallest absolute Gasteiger partial charge is 0.275 e.